The molecule has 0 nitrogen and oxygen atoms in total. The summed E-state index contributed by atoms with van der Waals surface area (Å²) in [5.41, 5.74) is 5.83. The third-order valence-corrected chi connectivity index (χ3v) is 2.84. The van der Waals surface area contributed by atoms with Crippen molar-refractivity contribution in [2.45, 2.75) is 47.0 Å². The van der Waals surface area contributed by atoms with Crippen LogP contribution in [0.15, 0.2) is 12.1 Å². The molecule has 1 atom stereocenters. The molecule has 72 valence electrons. The molecule has 0 radical (unpaired) electrons. The highest BCUT2D eigenvalue weighted by Gasteiger charge is 2.09. The molecule has 1 rings (SSSR count). The normalized spacial score (nSPS) is 13.0. The molecule has 0 aliphatic carbocycles. The van der Waals surface area contributed by atoms with E-state index in [1.807, 2.05) is 0 Å². The lowest BCUT2D eigenvalue weighted by Gasteiger charge is -2.16. The lowest BCUT2D eigenvalue weighted by molar-refractivity contribution is 0.722. The van der Waals surface area contributed by atoms with Crippen molar-refractivity contribution in [2.24, 2.45) is 0 Å². The van der Waals surface area contributed by atoms with E-state index >= 15 is 0 Å². The monoisotopic (exact) mass is 176 g/mol. The Morgan fingerprint density at radius 2 is 1.54 bits per heavy atom. The van der Waals surface area contributed by atoms with Crippen LogP contribution in [0.4, 0.5) is 0 Å². The van der Waals surface area contributed by atoms with Crippen molar-refractivity contribution in [3.63, 3.8) is 0 Å². The second-order valence-corrected chi connectivity index (χ2v) is 4.12. The zero-order valence-electron chi connectivity index (χ0n) is 9.44. The van der Waals surface area contributed by atoms with Crippen molar-refractivity contribution in [2.75, 3.05) is 0 Å². The third kappa shape index (κ3) is 2.12. The highest BCUT2D eigenvalue weighted by atomic mass is 14.1. The van der Waals surface area contributed by atoms with Crippen molar-refractivity contribution in [1.29, 1.82) is 0 Å². The number of aryl methyl sites for hydroxylation is 3. The van der Waals surface area contributed by atoms with Crippen LogP contribution in [0.25, 0.3) is 0 Å². The largest absolute Gasteiger partial charge is 0.0648 e. The summed E-state index contributed by atoms with van der Waals surface area (Å²) in [6.07, 6.45) is 1.23. The van der Waals surface area contributed by atoms with Gasteiger partial charge in [0.25, 0.3) is 0 Å². The molecule has 0 aliphatic rings. The number of hydrogen-bond donors (Lipinski definition) is 0. The predicted molar refractivity (Wildman–Crippen MR) is 59.4 cm³/mol. The van der Waals surface area contributed by atoms with Gasteiger partial charge in [0.1, 0.15) is 0 Å². The molecule has 0 heteroatoms. The maximum Gasteiger partial charge on any atom is -0.0188 e. The summed E-state index contributed by atoms with van der Waals surface area (Å²) >= 11 is 0. The first kappa shape index (κ1) is 10.3. The van der Waals surface area contributed by atoms with Crippen LogP contribution in [0, 0.1) is 20.8 Å². The van der Waals surface area contributed by atoms with Crippen LogP contribution in [0.3, 0.4) is 0 Å². The smallest absolute Gasteiger partial charge is 0.0188 e. The fourth-order valence-corrected chi connectivity index (χ4v) is 2.17. The van der Waals surface area contributed by atoms with Crippen molar-refractivity contribution < 1.29 is 0 Å². The molecule has 0 fully saturated rings. The Balaban J connectivity index is 3.20. The molecule has 0 spiro atoms. The second kappa shape index (κ2) is 3.95. The van der Waals surface area contributed by atoms with Crippen molar-refractivity contribution in [1.82, 2.24) is 0 Å². The van der Waals surface area contributed by atoms with E-state index in [2.05, 4.69) is 46.8 Å². The molecule has 0 aliphatic heterocycles. The van der Waals surface area contributed by atoms with Gasteiger partial charge in [-0.2, -0.15) is 0 Å². The fourth-order valence-electron chi connectivity index (χ4n) is 2.17. The summed E-state index contributed by atoms with van der Waals surface area (Å²) in [5.74, 6) is 0.695. The first-order valence-electron chi connectivity index (χ1n) is 5.14. The lowest BCUT2D eigenvalue weighted by atomic mass is 9.89. The van der Waals surface area contributed by atoms with E-state index in [9.17, 15) is 0 Å². The Kier molecular flexibility index (Phi) is 3.13. The Labute approximate surface area is 82.0 Å². The molecular formula is C13H20. The van der Waals surface area contributed by atoms with Gasteiger partial charge in [-0.15, -0.1) is 0 Å². The summed E-state index contributed by atoms with van der Waals surface area (Å²) in [7, 11) is 0. The molecule has 0 bridgehead atoms. The van der Waals surface area contributed by atoms with Gasteiger partial charge in [-0.05, 0) is 49.8 Å². The SMILES string of the molecule is CC[C@@H](C)c1c(C)cc(C)cc1C. The van der Waals surface area contributed by atoms with Gasteiger partial charge in [0.15, 0.2) is 0 Å². The lowest BCUT2D eigenvalue weighted by Crippen LogP contribution is -1.99. The van der Waals surface area contributed by atoms with E-state index in [-0.39, 0.29) is 0 Å². The molecule has 0 N–H and O–H groups in total. The molecule has 13 heavy (non-hydrogen) atoms. The van der Waals surface area contributed by atoms with Crippen LogP contribution >= 0.6 is 0 Å². The maximum absolute atomic E-state index is 2.31. The minimum absolute atomic E-state index is 0.695. The van der Waals surface area contributed by atoms with Gasteiger partial charge in [-0.25, -0.2) is 0 Å². The summed E-state index contributed by atoms with van der Waals surface area (Å²) in [6, 6.07) is 4.57. The number of benzene rings is 1. The molecule has 1 aromatic rings. The third-order valence-electron chi connectivity index (χ3n) is 2.84. The Bertz CT molecular complexity index is 274. The molecule has 0 unspecified atom stereocenters. The van der Waals surface area contributed by atoms with E-state index < -0.39 is 0 Å². The van der Waals surface area contributed by atoms with Gasteiger partial charge in [0, 0.05) is 0 Å². The molecule has 0 saturated heterocycles. The van der Waals surface area contributed by atoms with Crippen LogP contribution in [-0.2, 0) is 0 Å². The first-order chi connectivity index (χ1) is 6.06. The highest BCUT2D eigenvalue weighted by Crippen LogP contribution is 2.26. The van der Waals surface area contributed by atoms with Gasteiger partial charge in [-0.3, -0.25) is 0 Å². The van der Waals surface area contributed by atoms with Gasteiger partial charge in [-0.1, -0.05) is 31.5 Å². The summed E-state index contributed by atoms with van der Waals surface area (Å²) in [6.45, 7) is 11.2. The van der Waals surface area contributed by atoms with Crippen LogP contribution in [0.1, 0.15) is 48.4 Å². The van der Waals surface area contributed by atoms with E-state index in [0.717, 1.165) is 0 Å². The van der Waals surface area contributed by atoms with Gasteiger partial charge in [0.2, 0.25) is 0 Å². The quantitative estimate of drug-likeness (QED) is 0.635. The molecule has 1 aromatic carbocycles. The standard InChI is InChI=1S/C13H20/c1-6-10(3)13-11(4)7-9(2)8-12(13)5/h7-8,10H,6H2,1-5H3/t10-/m1/s1. The number of hydrogen-bond acceptors (Lipinski definition) is 0. The van der Waals surface area contributed by atoms with Gasteiger partial charge < -0.3 is 0 Å². The van der Waals surface area contributed by atoms with Gasteiger partial charge >= 0.3 is 0 Å². The summed E-state index contributed by atoms with van der Waals surface area (Å²) in [4.78, 5) is 0. The molecule has 0 aromatic heterocycles. The first-order valence-corrected chi connectivity index (χ1v) is 5.14. The van der Waals surface area contributed by atoms with Crippen LogP contribution in [-0.4, -0.2) is 0 Å². The van der Waals surface area contributed by atoms with E-state index in [1.165, 1.54) is 23.1 Å². The fraction of sp³-hybridized carbons (Fsp3) is 0.538. The molecule has 0 heterocycles. The molecular weight excluding hydrogens is 156 g/mol. The van der Waals surface area contributed by atoms with Gasteiger partial charge in [0.05, 0.1) is 0 Å². The Morgan fingerprint density at radius 3 is 1.92 bits per heavy atom. The highest BCUT2D eigenvalue weighted by molar-refractivity contribution is 5.39. The van der Waals surface area contributed by atoms with E-state index in [0.29, 0.717) is 5.92 Å². The average Bonchev–Trinajstić information content (AvgIpc) is 2.02. The van der Waals surface area contributed by atoms with Crippen LogP contribution < -0.4 is 0 Å². The van der Waals surface area contributed by atoms with Crippen molar-refractivity contribution >= 4 is 0 Å². The predicted octanol–water partition coefficient (Wildman–Crippen LogP) is 4.13. The average molecular weight is 176 g/mol. The minimum atomic E-state index is 0.695. The molecule has 0 saturated carbocycles. The van der Waals surface area contributed by atoms with E-state index in [1.54, 1.807) is 5.56 Å². The maximum atomic E-state index is 2.31. The minimum Gasteiger partial charge on any atom is -0.0648 e. The summed E-state index contributed by atoms with van der Waals surface area (Å²) in [5, 5.41) is 0. The topological polar surface area (TPSA) is 0 Å². The Morgan fingerprint density at radius 1 is 1.08 bits per heavy atom. The van der Waals surface area contributed by atoms with E-state index in [4.69, 9.17) is 0 Å². The van der Waals surface area contributed by atoms with Crippen molar-refractivity contribution in [3.05, 3.63) is 34.4 Å². The zero-order valence-corrected chi connectivity index (χ0v) is 9.44. The Hall–Kier alpha value is -0.780. The van der Waals surface area contributed by atoms with Crippen LogP contribution in [0.5, 0.6) is 0 Å². The summed E-state index contributed by atoms with van der Waals surface area (Å²) < 4.78 is 0. The van der Waals surface area contributed by atoms with Crippen molar-refractivity contribution in [3.8, 4) is 0 Å². The molecule has 0 amide bonds. The van der Waals surface area contributed by atoms with Crippen LogP contribution in [0.2, 0.25) is 0 Å². The second-order valence-electron chi connectivity index (χ2n) is 4.12. The zero-order chi connectivity index (χ0) is 10.0. The number of rotatable bonds is 2.